The Morgan fingerprint density at radius 1 is 0.900 bits per heavy atom. The number of amides is 1. The molecule has 0 fully saturated rings. The van der Waals surface area contributed by atoms with Crippen molar-refractivity contribution >= 4 is 23.4 Å². The number of halogens is 8. The van der Waals surface area contributed by atoms with E-state index in [1.54, 1.807) is 6.92 Å². The van der Waals surface area contributed by atoms with Crippen LogP contribution in [0.15, 0.2) is 47.4 Å². The summed E-state index contributed by atoms with van der Waals surface area (Å²) in [7, 11) is 1.23. The van der Waals surface area contributed by atoms with Crippen molar-refractivity contribution in [3.05, 3.63) is 59.2 Å². The Hall–Kier alpha value is -2.30. The molecule has 11 heteroatoms. The summed E-state index contributed by atoms with van der Waals surface area (Å²) in [5.74, 6) is -5.42. The van der Waals surface area contributed by atoms with Gasteiger partial charge in [-0.05, 0) is 36.1 Å². The summed E-state index contributed by atoms with van der Waals surface area (Å²) in [6.07, 6.45) is -10.4. The van der Waals surface area contributed by atoms with E-state index in [0.29, 0.717) is 17.9 Å². The van der Waals surface area contributed by atoms with Gasteiger partial charge < -0.3 is 4.90 Å². The van der Waals surface area contributed by atoms with Gasteiger partial charge in [0.15, 0.2) is 0 Å². The normalized spacial score (nSPS) is 12.7. The largest absolute Gasteiger partial charge is 0.458 e. The third-order valence-corrected chi connectivity index (χ3v) is 5.05. The third-order valence-electron chi connectivity index (χ3n) is 4.12. The highest BCUT2D eigenvalue weighted by Crippen LogP contribution is 2.44. The van der Waals surface area contributed by atoms with E-state index >= 15 is 0 Å². The summed E-state index contributed by atoms with van der Waals surface area (Å²) in [5, 5.41) is 0. The molecule has 2 aromatic rings. The number of hydrogen-bond acceptors (Lipinski definition) is 2. The van der Waals surface area contributed by atoms with Crippen LogP contribution in [0.1, 0.15) is 28.4 Å². The summed E-state index contributed by atoms with van der Waals surface area (Å²) in [6, 6.07) is 5.48. The maximum Gasteiger partial charge on any atom is 0.458 e. The van der Waals surface area contributed by atoms with Gasteiger partial charge >= 0.3 is 18.3 Å². The topological polar surface area (TPSA) is 20.3 Å². The fourth-order valence-electron chi connectivity index (χ4n) is 2.51. The Labute approximate surface area is 170 Å². The summed E-state index contributed by atoms with van der Waals surface area (Å²) in [5.41, 5.74) is -2.29. The Balaban J connectivity index is 2.36. The van der Waals surface area contributed by atoms with Gasteiger partial charge in [-0.2, -0.15) is 35.1 Å². The van der Waals surface area contributed by atoms with Crippen molar-refractivity contribution in [2.24, 2.45) is 0 Å². The van der Waals surface area contributed by atoms with Crippen LogP contribution >= 0.6 is 11.8 Å². The molecule has 0 aliphatic carbocycles. The zero-order chi connectivity index (χ0) is 22.9. The highest BCUT2D eigenvalue weighted by molar-refractivity contribution is 7.99. The van der Waals surface area contributed by atoms with Crippen LogP contribution in [0.5, 0.6) is 0 Å². The second-order valence-electron chi connectivity index (χ2n) is 6.12. The van der Waals surface area contributed by atoms with E-state index in [1.807, 2.05) is 0 Å². The molecule has 0 bridgehead atoms. The molecule has 30 heavy (non-hydrogen) atoms. The Morgan fingerprint density at radius 3 is 1.90 bits per heavy atom. The van der Waals surface area contributed by atoms with Crippen molar-refractivity contribution in [1.29, 1.82) is 0 Å². The number of alkyl halides is 8. The van der Waals surface area contributed by atoms with Crippen molar-refractivity contribution in [3.63, 3.8) is 0 Å². The lowest BCUT2D eigenvalue weighted by Gasteiger charge is -2.22. The number of carbonyl (C=O) groups is 1. The molecule has 0 N–H and O–H groups in total. The lowest BCUT2D eigenvalue weighted by atomic mass is 10.1. The standard InChI is InChI=1S/C19H15F8NOS/c1-3-30-15-10-12(18(22,23)24)6-9-14(15)16(29)28(2)13-7-4-11(5-8-13)17(20,21)19(25,26)27/h4-10H,3H2,1-2H3. The van der Waals surface area contributed by atoms with Crippen molar-refractivity contribution in [3.8, 4) is 0 Å². The average molecular weight is 457 g/mol. The van der Waals surface area contributed by atoms with Gasteiger partial charge in [-0.25, -0.2) is 0 Å². The molecule has 0 heterocycles. The van der Waals surface area contributed by atoms with E-state index in [1.165, 1.54) is 7.05 Å². The van der Waals surface area contributed by atoms with Gasteiger partial charge in [0.05, 0.1) is 11.1 Å². The highest BCUT2D eigenvalue weighted by Gasteiger charge is 2.58. The first-order chi connectivity index (χ1) is 13.7. The van der Waals surface area contributed by atoms with Gasteiger partial charge in [0, 0.05) is 23.2 Å². The van der Waals surface area contributed by atoms with Gasteiger partial charge in [0.1, 0.15) is 0 Å². The molecule has 0 unspecified atom stereocenters. The molecule has 0 aliphatic heterocycles. The summed E-state index contributed by atoms with van der Waals surface area (Å²) >= 11 is 1.01. The maximum absolute atomic E-state index is 13.4. The second kappa shape index (κ2) is 8.44. The van der Waals surface area contributed by atoms with Crippen LogP contribution in [0.3, 0.4) is 0 Å². The molecular weight excluding hydrogens is 442 g/mol. The molecule has 0 aromatic heterocycles. The second-order valence-corrected chi connectivity index (χ2v) is 7.43. The highest BCUT2D eigenvalue weighted by atomic mass is 32.2. The Kier molecular flexibility index (Phi) is 6.75. The van der Waals surface area contributed by atoms with Crippen LogP contribution in [-0.4, -0.2) is 24.9 Å². The molecule has 0 spiro atoms. The van der Waals surface area contributed by atoms with E-state index in [2.05, 4.69) is 0 Å². The van der Waals surface area contributed by atoms with E-state index in [4.69, 9.17) is 0 Å². The van der Waals surface area contributed by atoms with Crippen LogP contribution < -0.4 is 4.90 Å². The van der Waals surface area contributed by atoms with Gasteiger partial charge in [0.25, 0.3) is 5.91 Å². The van der Waals surface area contributed by atoms with Crippen molar-refractivity contribution in [2.45, 2.75) is 30.1 Å². The van der Waals surface area contributed by atoms with Gasteiger partial charge in [0.2, 0.25) is 0 Å². The minimum absolute atomic E-state index is 0.00549. The molecule has 0 atom stereocenters. The number of benzene rings is 2. The lowest BCUT2D eigenvalue weighted by molar-refractivity contribution is -0.289. The SMILES string of the molecule is CCSc1cc(C(F)(F)F)ccc1C(=O)N(C)c1ccc(C(F)(F)C(F)(F)F)cc1. The summed E-state index contributed by atoms with van der Waals surface area (Å²) in [4.78, 5) is 13.8. The Bertz CT molecular complexity index is 906. The minimum Gasteiger partial charge on any atom is -0.311 e. The van der Waals surface area contributed by atoms with Crippen LogP contribution in [0.4, 0.5) is 40.8 Å². The van der Waals surface area contributed by atoms with E-state index in [0.717, 1.165) is 47.0 Å². The van der Waals surface area contributed by atoms with Gasteiger partial charge in [-0.1, -0.05) is 19.1 Å². The average Bonchev–Trinajstić information content (AvgIpc) is 2.65. The number of hydrogen-bond donors (Lipinski definition) is 0. The minimum atomic E-state index is -5.78. The molecule has 0 radical (unpaired) electrons. The molecule has 0 saturated carbocycles. The van der Waals surface area contributed by atoms with Gasteiger partial charge in [-0.15, -0.1) is 11.8 Å². The van der Waals surface area contributed by atoms with Crippen LogP contribution in [0.25, 0.3) is 0 Å². The maximum atomic E-state index is 13.4. The Morgan fingerprint density at radius 2 is 1.43 bits per heavy atom. The molecule has 0 aliphatic rings. The first-order valence-corrected chi connectivity index (χ1v) is 9.36. The molecule has 2 rings (SSSR count). The zero-order valence-corrected chi connectivity index (χ0v) is 16.4. The predicted molar refractivity (Wildman–Crippen MR) is 97.0 cm³/mol. The van der Waals surface area contributed by atoms with Crippen molar-refractivity contribution in [2.75, 3.05) is 17.7 Å². The van der Waals surface area contributed by atoms with Crippen LogP contribution in [-0.2, 0) is 12.1 Å². The van der Waals surface area contributed by atoms with Gasteiger partial charge in [-0.3, -0.25) is 4.79 Å². The van der Waals surface area contributed by atoms with Crippen molar-refractivity contribution in [1.82, 2.24) is 0 Å². The molecular formula is C19H15F8NOS. The van der Waals surface area contributed by atoms with E-state index in [9.17, 15) is 39.9 Å². The monoisotopic (exact) mass is 457 g/mol. The fraction of sp³-hybridized carbons (Fsp3) is 0.316. The van der Waals surface area contributed by atoms with E-state index in [-0.39, 0.29) is 16.1 Å². The number of rotatable bonds is 5. The van der Waals surface area contributed by atoms with Crippen LogP contribution in [0, 0.1) is 0 Å². The fourth-order valence-corrected chi connectivity index (χ4v) is 3.34. The zero-order valence-electron chi connectivity index (χ0n) is 15.5. The predicted octanol–water partition coefficient (Wildman–Crippen LogP) is 6.75. The number of nitrogens with zero attached hydrogens (tertiary/aromatic N) is 1. The molecule has 0 saturated heterocycles. The molecule has 164 valence electrons. The van der Waals surface area contributed by atoms with Crippen molar-refractivity contribution < 1.29 is 39.9 Å². The molecule has 1 amide bonds. The first-order valence-electron chi connectivity index (χ1n) is 8.37. The summed E-state index contributed by atoms with van der Waals surface area (Å²) < 4.78 is 103. The third kappa shape index (κ3) is 4.88. The smallest absolute Gasteiger partial charge is 0.311 e. The lowest BCUT2D eigenvalue weighted by Crippen LogP contribution is -2.33. The first kappa shape index (κ1) is 24.0. The van der Waals surface area contributed by atoms with Crippen LogP contribution in [0.2, 0.25) is 0 Å². The molecule has 2 nitrogen and oxygen atoms in total. The van der Waals surface area contributed by atoms with E-state index < -0.39 is 35.3 Å². The number of thioether (sulfide) groups is 1. The molecule has 2 aromatic carbocycles. The summed E-state index contributed by atoms with van der Waals surface area (Å²) in [6.45, 7) is 1.68. The number of anilines is 1. The quantitative estimate of drug-likeness (QED) is 0.366. The number of carbonyl (C=O) groups excluding carboxylic acids is 1.